The van der Waals surface area contributed by atoms with Crippen molar-refractivity contribution in [1.82, 2.24) is 5.32 Å². The van der Waals surface area contributed by atoms with Crippen molar-refractivity contribution in [1.29, 1.82) is 0 Å². The molecule has 1 saturated heterocycles. The van der Waals surface area contributed by atoms with Gasteiger partial charge in [0.2, 0.25) is 0 Å². The number of nitrogens with one attached hydrogen (secondary N) is 1. The van der Waals surface area contributed by atoms with Crippen LogP contribution in [0, 0.1) is 11.8 Å². The van der Waals surface area contributed by atoms with Crippen LogP contribution in [-0.2, 0) is 9.84 Å². The Hall–Kier alpha value is -0.0900. The maximum absolute atomic E-state index is 11.2. The van der Waals surface area contributed by atoms with Crippen LogP contribution in [0.25, 0.3) is 0 Å². The lowest BCUT2D eigenvalue weighted by molar-refractivity contribution is 0.502. The van der Waals surface area contributed by atoms with Gasteiger partial charge in [0.05, 0.1) is 11.5 Å². The molecule has 0 aromatic heterocycles. The summed E-state index contributed by atoms with van der Waals surface area (Å²) in [6, 6.07) is 0. The predicted molar refractivity (Wildman–Crippen MR) is 57.0 cm³/mol. The average molecular weight is 217 g/mol. The molecule has 1 heterocycles. The van der Waals surface area contributed by atoms with Crippen molar-refractivity contribution in [2.24, 2.45) is 11.8 Å². The molecule has 4 heteroatoms. The van der Waals surface area contributed by atoms with Crippen LogP contribution in [0.1, 0.15) is 25.7 Å². The molecule has 0 bridgehead atoms. The smallest absolute Gasteiger partial charge is 0.150 e. The van der Waals surface area contributed by atoms with E-state index in [2.05, 4.69) is 5.32 Å². The molecular formula is C10H19NO2S. The first-order valence-electron chi connectivity index (χ1n) is 5.57. The molecule has 0 amide bonds. The van der Waals surface area contributed by atoms with Gasteiger partial charge in [-0.15, -0.1) is 0 Å². The molecule has 2 fully saturated rings. The van der Waals surface area contributed by atoms with Gasteiger partial charge in [-0.25, -0.2) is 8.42 Å². The molecule has 1 aliphatic carbocycles. The monoisotopic (exact) mass is 217 g/mol. The maximum Gasteiger partial charge on any atom is 0.150 e. The van der Waals surface area contributed by atoms with E-state index < -0.39 is 9.84 Å². The zero-order chi connectivity index (χ0) is 10.0. The topological polar surface area (TPSA) is 46.2 Å². The van der Waals surface area contributed by atoms with Gasteiger partial charge in [0.25, 0.3) is 0 Å². The second-order valence-corrected chi connectivity index (χ2v) is 6.93. The molecule has 82 valence electrons. The molecule has 2 aliphatic rings. The Labute approximate surface area is 86.2 Å². The fourth-order valence-corrected chi connectivity index (χ4v) is 3.94. The van der Waals surface area contributed by atoms with Gasteiger partial charge in [0.1, 0.15) is 0 Å². The quantitative estimate of drug-likeness (QED) is 0.693. The van der Waals surface area contributed by atoms with Crippen molar-refractivity contribution in [2.75, 3.05) is 24.6 Å². The zero-order valence-electron chi connectivity index (χ0n) is 8.54. The number of hydrogen-bond acceptors (Lipinski definition) is 3. The lowest BCUT2D eigenvalue weighted by Gasteiger charge is -2.07. The fourth-order valence-electron chi connectivity index (χ4n) is 2.03. The first kappa shape index (κ1) is 10.4. The van der Waals surface area contributed by atoms with Crippen LogP contribution >= 0.6 is 0 Å². The SMILES string of the molecule is O=S1(=O)CCC(CCNCC2CC2)C1. The summed E-state index contributed by atoms with van der Waals surface area (Å²) in [7, 11) is -2.66. The molecule has 2 rings (SSSR count). The number of sulfone groups is 1. The maximum atomic E-state index is 11.2. The van der Waals surface area contributed by atoms with E-state index in [-0.39, 0.29) is 0 Å². The first-order chi connectivity index (χ1) is 6.66. The Kier molecular flexibility index (Phi) is 3.12. The van der Waals surface area contributed by atoms with Gasteiger partial charge in [0, 0.05) is 0 Å². The van der Waals surface area contributed by atoms with Crippen LogP contribution in [0.15, 0.2) is 0 Å². The molecule has 0 radical (unpaired) electrons. The Morgan fingerprint density at radius 1 is 1.14 bits per heavy atom. The molecule has 1 N–H and O–H groups in total. The van der Waals surface area contributed by atoms with E-state index in [1.807, 2.05) is 0 Å². The van der Waals surface area contributed by atoms with Crippen molar-refractivity contribution in [3.63, 3.8) is 0 Å². The fraction of sp³-hybridized carbons (Fsp3) is 1.00. The normalized spacial score (nSPS) is 30.7. The summed E-state index contributed by atoms with van der Waals surface area (Å²) < 4.78 is 22.3. The van der Waals surface area contributed by atoms with Crippen molar-refractivity contribution >= 4 is 9.84 Å². The van der Waals surface area contributed by atoms with Crippen molar-refractivity contribution < 1.29 is 8.42 Å². The van der Waals surface area contributed by atoms with Crippen LogP contribution in [0.5, 0.6) is 0 Å². The molecule has 1 unspecified atom stereocenters. The number of hydrogen-bond donors (Lipinski definition) is 1. The van der Waals surface area contributed by atoms with Crippen LogP contribution in [0.4, 0.5) is 0 Å². The lowest BCUT2D eigenvalue weighted by Crippen LogP contribution is -2.20. The van der Waals surface area contributed by atoms with Gasteiger partial charge in [-0.05, 0) is 50.6 Å². The highest BCUT2D eigenvalue weighted by Gasteiger charge is 2.27. The zero-order valence-corrected chi connectivity index (χ0v) is 9.35. The molecule has 0 aromatic carbocycles. The van der Waals surface area contributed by atoms with E-state index in [1.165, 1.54) is 12.8 Å². The van der Waals surface area contributed by atoms with E-state index in [9.17, 15) is 8.42 Å². The van der Waals surface area contributed by atoms with Gasteiger partial charge in [-0.3, -0.25) is 0 Å². The minimum Gasteiger partial charge on any atom is -0.316 e. The minimum atomic E-state index is -2.66. The summed E-state index contributed by atoms with van der Waals surface area (Å²) in [4.78, 5) is 0. The van der Waals surface area contributed by atoms with Gasteiger partial charge in [0.15, 0.2) is 9.84 Å². The van der Waals surface area contributed by atoms with Crippen molar-refractivity contribution in [3.8, 4) is 0 Å². The predicted octanol–water partition coefficient (Wildman–Crippen LogP) is 0.811. The largest absolute Gasteiger partial charge is 0.316 e. The Balaban J connectivity index is 1.57. The lowest BCUT2D eigenvalue weighted by atomic mass is 10.1. The third-order valence-electron chi connectivity index (χ3n) is 3.19. The Morgan fingerprint density at radius 3 is 2.50 bits per heavy atom. The van der Waals surface area contributed by atoms with Gasteiger partial charge < -0.3 is 5.32 Å². The molecule has 1 atom stereocenters. The average Bonchev–Trinajstić information content (AvgIpc) is 2.86. The molecule has 0 spiro atoms. The van der Waals surface area contributed by atoms with Crippen molar-refractivity contribution in [2.45, 2.75) is 25.7 Å². The van der Waals surface area contributed by atoms with Gasteiger partial charge >= 0.3 is 0 Å². The molecule has 1 aliphatic heterocycles. The second-order valence-electron chi connectivity index (χ2n) is 4.71. The molecule has 3 nitrogen and oxygen atoms in total. The molecule has 0 aromatic rings. The molecule has 14 heavy (non-hydrogen) atoms. The summed E-state index contributed by atoms with van der Waals surface area (Å²) in [5, 5.41) is 3.41. The minimum absolute atomic E-state index is 0.417. The van der Waals surface area contributed by atoms with Gasteiger partial charge in [-0.1, -0.05) is 0 Å². The molecule has 1 saturated carbocycles. The summed E-state index contributed by atoms with van der Waals surface area (Å²) in [6.45, 7) is 2.14. The molecular weight excluding hydrogens is 198 g/mol. The summed E-state index contributed by atoms with van der Waals surface area (Å²) in [6.07, 6.45) is 4.68. The van der Waals surface area contributed by atoms with E-state index >= 15 is 0 Å². The van der Waals surface area contributed by atoms with E-state index in [1.54, 1.807) is 0 Å². The highest BCUT2D eigenvalue weighted by molar-refractivity contribution is 7.91. The summed E-state index contributed by atoms with van der Waals surface area (Å²) >= 11 is 0. The third-order valence-corrected chi connectivity index (χ3v) is 5.02. The second kappa shape index (κ2) is 4.19. The van der Waals surface area contributed by atoms with Gasteiger partial charge in [-0.2, -0.15) is 0 Å². The summed E-state index contributed by atoms with van der Waals surface area (Å²) in [5.74, 6) is 2.19. The van der Waals surface area contributed by atoms with Crippen LogP contribution in [0.2, 0.25) is 0 Å². The van der Waals surface area contributed by atoms with E-state index in [0.717, 1.165) is 31.8 Å². The summed E-state index contributed by atoms with van der Waals surface area (Å²) in [5.41, 5.74) is 0. The highest BCUT2D eigenvalue weighted by atomic mass is 32.2. The van der Waals surface area contributed by atoms with E-state index in [0.29, 0.717) is 17.4 Å². The number of rotatable bonds is 5. The van der Waals surface area contributed by atoms with E-state index in [4.69, 9.17) is 0 Å². The highest BCUT2D eigenvalue weighted by Crippen LogP contribution is 2.27. The first-order valence-corrected chi connectivity index (χ1v) is 7.39. The van der Waals surface area contributed by atoms with Crippen LogP contribution < -0.4 is 5.32 Å². The Morgan fingerprint density at radius 2 is 1.93 bits per heavy atom. The Bertz CT molecular complexity index is 282. The van der Waals surface area contributed by atoms with Crippen molar-refractivity contribution in [3.05, 3.63) is 0 Å². The third kappa shape index (κ3) is 3.24. The van der Waals surface area contributed by atoms with Crippen LogP contribution in [0.3, 0.4) is 0 Å². The van der Waals surface area contributed by atoms with Crippen LogP contribution in [-0.4, -0.2) is 33.0 Å². The standard InChI is InChI=1S/C10H19NO2S/c12-14(13)6-4-10(8-14)3-5-11-7-9-1-2-9/h9-11H,1-8H2.